The molecule has 1 aromatic heterocycles. The van der Waals surface area contributed by atoms with E-state index in [0.29, 0.717) is 12.8 Å². The summed E-state index contributed by atoms with van der Waals surface area (Å²) in [5.41, 5.74) is 1.53. The van der Waals surface area contributed by atoms with Crippen molar-refractivity contribution in [2.24, 2.45) is 17.3 Å². The highest BCUT2D eigenvalue weighted by Crippen LogP contribution is 2.32. The summed E-state index contributed by atoms with van der Waals surface area (Å²) in [5.74, 6) is -2.30. The Morgan fingerprint density at radius 3 is 2.36 bits per heavy atom. The van der Waals surface area contributed by atoms with Crippen molar-refractivity contribution in [3.63, 3.8) is 0 Å². The van der Waals surface area contributed by atoms with Crippen LogP contribution in [0.15, 0.2) is 22.6 Å². The second kappa shape index (κ2) is 12.4. The van der Waals surface area contributed by atoms with Crippen molar-refractivity contribution in [2.45, 2.75) is 92.4 Å². The molecule has 0 fully saturated rings. The fourth-order valence-electron chi connectivity index (χ4n) is 4.66. The van der Waals surface area contributed by atoms with Gasteiger partial charge in [-0.15, -0.1) is 11.3 Å². The van der Waals surface area contributed by atoms with Gasteiger partial charge in [-0.2, -0.15) is 0 Å². The molecule has 2 heterocycles. The molecule has 2 N–H and O–H groups in total. The molecule has 0 bridgehead atoms. The van der Waals surface area contributed by atoms with Crippen LogP contribution in [0, 0.1) is 24.2 Å². The second-order valence-corrected chi connectivity index (χ2v) is 11.9. The number of aliphatic hydroxyl groups is 2. The lowest BCUT2D eigenvalue weighted by molar-refractivity contribution is -0.145. The fraction of sp³-hybridized carbons (Fsp3) is 0.643. The summed E-state index contributed by atoms with van der Waals surface area (Å²) in [6.45, 7) is 12.3. The van der Waals surface area contributed by atoms with Crippen LogP contribution in [0.25, 0.3) is 6.08 Å². The highest BCUT2D eigenvalue weighted by Gasteiger charge is 2.43. The quantitative estimate of drug-likeness (QED) is 0.563. The van der Waals surface area contributed by atoms with E-state index in [1.54, 1.807) is 51.0 Å². The molecule has 2 rings (SSSR count). The van der Waals surface area contributed by atoms with Crippen molar-refractivity contribution in [3.8, 4) is 0 Å². The summed E-state index contributed by atoms with van der Waals surface area (Å²) < 4.78 is 0. The molecule has 0 spiro atoms. The molecule has 0 radical (unpaired) electrons. The summed E-state index contributed by atoms with van der Waals surface area (Å²) in [6, 6.07) is -0.274. The molecular formula is C28H42N2O5S. The Labute approximate surface area is 219 Å². The van der Waals surface area contributed by atoms with E-state index in [4.69, 9.17) is 0 Å². The summed E-state index contributed by atoms with van der Waals surface area (Å²) in [6.07, 6.45) is 2.75. The predicted molar refractivity (Wildman–Crippen MR) is 143 cm³/mol. The van der Waals surface area contributed by atoms with Crippen LogP contribution in [0.2, 0.25) is 0 Å². The SMILES string of the molecule is CC1=CC[C@@H](C(C)=Cc2csc(C)n2)N(C)C(=O)C[C@H](O)C(C)(C)C(=O)[C@H](C)[C@@H](O)[C@@H](C)C(=O)CC1. The van der Waals surface area contributed by atoms with Crippen LogP contribution in [0.3, 0.4) is 0 Å². The number of Topliss-reactive ketones (excluding diaryl/α,β-unsaturated/α-hetero) is 2. The minimum Gasteiger partial charge on any atom is -0.392 e. The van der Waals surface area contributed by atoms with Gasteiger partial charge in [-0.25, -0.2) is 4.98 Å². The van der Waals surface area contributed by atoms with Gasteiger partial charge >= 0.3 is 0 Å². The summed E-state index contributed by atoms with van der Waals surface area (Å²) in [5, 5.41) is 24.7. The lowest BCUT2D eigenvalue weighted by atomic mass is 9.72. The number of ketones is 2. The van der Waals surface area contributed by atoms with Gasteiger partial charge in [0.05, 0.1) is 40.8 Å². The van der Waals surface area contributed by atoms with Gasteiger partial charge in [0.1, 0.15) is 11.6 Å². The number of carbonyl (C=O) groups is 3. The molecule has 1 amide bonds. The zero-order chi connectivity index (χ0) is 27.4. The maximum Gasteiger partial charge on any atom is 0.225 e. The molecule has 36 heavy (non-hydrogen) atoms. The lowest BCUT2D eigenvalue weighted by Gasteiger charge is -2.36. The first kappa shape index (κ1) is 30.1. The van der Waals surface area contributed by atoms with E-state index in [0.717, 1.165) is 21.8 Å². The number of thiazole rings is 1. The highest BCUT2D eigenvalue weighted by atomic mass is 32.1. The smallest absolute Gasteiger partial charge is 0.225 e. The lowest BCUT2D eigenvalue weighted by Crippen LogP contribution is -2.48. The molecule has 0 aromatic carbocycles. The van der Waals surface area contributed by atoms with Gasteiger partial charge < -0.3 is 15.1 Å². The Hall–Kier alpha value is -2.16. The average Bonchev–Trinajstić information content (AvgIpc) is 3.23. The van der Waals surface area contributed by atoms with Crippen LogP contribution in [0.4, 0.5) is 0 Å². The second-order valence-electron chi connectivity index (χ2n) is 10.8. The zero-order valence-electron chi connectivity index (χ0n) is 22.9. The van der Waals surface area contributed by atoms with Crippen molar-refractivity contribution in [2.75, 3.05) is 7.05 Å². The number of aryl methyl sites for hydroxylation is 1. The van der Waals surface area contributed by atoms with Gasteiger partial charge in [-0.1, -0.05) is 39.3 Å². The number of hydrogen-bond acceptors (Lipinski definition) is 7. The van der Waals surface area contributed by atoms with Gasteiger partial charge in [0, 0.05) is 30.7 Å². The molecule has 0 saturated carbocycles. The maximum atomic E-state index is 13.3. The number of nitrogens with zero attached hydrogens (tertiary/aromatic N) is 2. The molecule has 0 unspecified atom stereocenters. The number of aromatic nitrogens is 1. The molecule has 1 aliphatic rings. The first-order chi connectivity index (χ1) is 16.7. The number of hydrogen-bond donors (Lipinski definition) is 2. The van der Waals surface area contributed by atoms with E-state index < -0.39 is 29.5 Å². The van der Waals surface area contributed by atoms with Crippen LogP contribution >= 0.6 is 11.3 Å². The molecule has 7 nitrogen and oxygen atoms in total. The highest BCUT2D eigenvalue weighted by molar-refractivity contribution is 7.09. The van der Waals surface area contributed by atoms with Gasteiger partial charge in [0.15, 0.2) is 0 Å². The van der Waals surface area contributed by atoms with Gasteiger partial charge in [-0.3, -0.25) is 14.4 Å². The molecule has 5 atom stereocenters. The van der Waals surface area contributed by atoms with Crippen LogP contribution < -0.4 is 0 Å². The van der Waals surface area contributed by atoms with Crippen molar-refractivity contribution in [3.05, 3.63) is 33.3 Å². The number of aliphatic hydroxyl groups excluding tert-OH is 2. The van der Waals surface area contributed by atoms with Gasteiger partial charge in [-0.05, 0) is 45.3 Å². The molecule has 0 saturated heterocycles. The first-order valence-electron chi connectivity index (χ1n) is 12.6. The van der Waals surface area contributed by atoms with E-state index in [-0.39, 0.29) is 36.4 Å². The van der Waals surface area contributed by atoms with Crippen molar-refractivity contribution >= 4 is 34.9 Å². The minimum absolute atomic E-state index is 0.0980. The molecule has 0 aliphatic carbocycles. The predicted octanol–water partition coefficient (Wildman–Crippen LogP) is 4.36. The number of amides is 1. The normalized spacial score (nSPS) is 29.9. The van der Waals surface area contributed by atoms with E-state index in [1.807, 2.05) is 38.3 Å². The molecule has 1 aliphatic heterocycles. The topological polar surface area (TPSA) is 108 Å². The summed E-state index contributed by atoms with van der Waals surface area (Å²) >= 11 is 1.56. The van der Waals surface area contributed by atoms with Gasteiger partial charge in [0.25, 0.3) is 0 Å². The molecule has 200 valence electrons. The minimum atomic E-state index is -1.27. The third-order valence-electron chi connectivity index (χ3n) is 7.64. The van der Waals surface area contributed by atoms with Crippen molar-refractivity contribution in [1.29, 1.82) is 0 Å². The summed E-state index contributed by atoms with van der Waals surface area (Å²) in [7, 11) is 1.71. The van der Waals surface area contributed by atoms with E-state index in [9.17, 15) is 24.6 Å². The summed E-state index contributed by atoms with van der Waals surface area (Å²) in [4.78, 5) is 45.5. The molecular weight excluding hydrogens is 476 g/mol. The Morgan fingerprint density at radius 1 is 1.14 bits per heavy atom. The molecule has 1 aromatic rings. The largest absolute Gasteiger partial charge is 0.392 e. The van der Waals surface area contributed by atoms with E-state index in [1.165, 1.54) is 0 Å². The van der Waals surface area contributed by atoms with Crippen LogP contribution in [0.5, 0.6) is 0 Å². The van der Waals surface area contributed by atoms with Crippen molar-refractivity contribution in [1.82, 2.24) is 9.88 Å². The van der Waals surface area contributed by atoms with Crippen LogP contribution in [-0.4, -0.2) is 62.9 Å². The number of likely N-dealkylation sites (N-methyl/N-ethyl adjacent to an activating group) is 1. The Balaban J connectivity index is 2.46. The Bertz CT molecular complexity index is 1020. The van der Waals surface area contributed by atoms with Crippen LogP contribution in [-0.2, 0) is 14.4 Å². The van der Waals surface area contributed by atoms with E-state index in [2.05, 4.69) is 4.98 Å². The van der Waals surface area contributed by atoms with Crippen molar-refractivity contribution < 1.29 is 24.6 Å². The maximum absolute atomic E-state index is 13.3. The fourth-order valence-corrected chi connectivity index (χ4v) is 5.23. The zero-order valence-corrected chi connectivity index (χ0v) is 23.7. The Kier molecular flexibility index (Phi) is 10.3. The number of allylic oxidation sites excluding steroid dienone is 1. The number of carbonyl (C=O) groups excluding carboxylic acids is 3. The van der Waals surface area contributed by atoms with Crippen LogP contribution in [0.1, 0.15) is 77.9 Å². The third-order valence-corrected chi connectivity index (χ3v) is 8.43. The number of rotatable bonds is 2. The first-order valence-corrected chi connectivity index (χ1v) is 13.5. The van der Waals surface area contributed by atoms with Gasteiger partial charge in [0.2, 0.25) is 5.91 Å². The molecule has 8 heteroatoms. The Morgan fingerprint density at radius 2 is 1.78 bits per heavy atom. The third kappa shape index (κ3) is 7.20. The van der Waals surface area contributed by atoms with E-state index >= 15 is 0 Å². The average molecular weight is 519 g/mol. The standard InChI is InChI=1S/C28H42N2O5S/c1-16-9-11-22(17(2)13-21-15-36-20(5)29-21)30(8)25(33)14-24(32)28(6,7)27(35)19(4)26(34)18(3)23(31)12-10-16/h9,13,15,18-19,22,24,26,32,34H,10-12,14H2,1-8H3/t18-,19+,22-,24-,26-/m0/s1. The monoisotopic (exact) mass is 518 g/mol.